The lowest BCUT2D eigenvalue weighted by atomic mass is 9.97. The van der Waals surface area contributed by atoms with Crippen LogP contribution in [0.2, 0.25) is 0 Å². The number of amides is 4. The van der Waals surface area contributed by atoms with Crippen LogP contribution in [0.1, 0.15) is 76.5 Å². The third-order valence-corrected chi connectivity index (χ3v) is 10.5. The smallest absolute Gasteiger partial charge is 0.336 e. The molecule has 0 saturated heterocycles. The van der Waals surface area contributed by atoms with Crippen LogP contribution in [-0.4, -0.2) is 65.2 Å². The largest absolute Gasteiger partial charge is 0.457 e. The molecule has 0 radical (unpaired) electrons. The second-order valence-electron chi connectivity index (χ2n) is 14.7. The van der Waals surface area contributed by atoms with E-state index in [9.17, 15) is 34.2 Å². The average molecular weight is 807 g/mol. The van der Waals surface area contributed by atoms with Gasteiger partial charge >= 0.3 is 5.63 Å². The van der Waals surface area contributed by atoms with E-state index in [4.69, 9.17) is 24.4 Å². The second kappa shape index (κ2) is 17.1. The summed E-state index contributed by atoms with van der Waals surface area (Å²) in [6, 6.07) is 3.84. The van der Waals surface area contributed by atoms with E-state index < -0.39 is 47.5 Å². The van der Waals surface area contributed by atoms with Gasteiger partial charge in [-0.1, -0.05) is 6.58 Å². The fraction of sp³-hybridized carbons (Fsp3) is 0.341. The van der Waals surface area contributed by atoms with Crippen LogP contribution in [0, 0.1) is 47.0 Å². The summed E-state index contributed by atoms with van der Waals surface area (Å²) < 4.78 is 23.2. The van der Waals surface area contributed by atoms with E-state index in [2.05, 4.69) is 33.8 Å². The summed E-state index contributed by atoms with van der Waals surface area (Å²) in [5.74, 6) is 0.498. The van der Waals surface area contributed by atoms with Crippen LogP contribution in [0.3, 0.4) is 0 Å². The van der Waals surface area contributed by atoms with E-state index in [0.29, 0.717) is 74.1 Å². The fourth-order valence-electron chi connectivity index (χ4n) is 7.12. The Kier molecular flexibility index (Phi) is 12.2. The molecule has 15 nitrogen and oxygen atoms in total. The number of aliphatic hydroxyl groups excluding tert-OH is 2. The molecule has 3 aromatic heterocycles. The Morgan fingerprint density at radius 2 is 1.42 bits per heavy atom. The minimum Gasteiger partial charge on any atom is -0.457 e. The number of nitrogens with one attached hydrogen (secondary N) is 4. The zero-order valence-corrected chi connectivity index (χ0v) is 33.6. The molecule has 0 fully saturated rings. The molecule has 3 atom stereocenters. The van der Waals surface area contributed by atoms with Crippen LogP contribution in [0.15, 0.2) is 54.7 Å². The van der Waals surface area contributed by atoms with Crippen molar-refractivity contribution >= 4 is 68.0 Å². The topological polar surface area (TPSA) is 223 Å². The number of benzene rings is 2. The van der Waals surface area contributed by atoms with Crippen LogP contribution in [-0.2, 0) is 14.4 Å². The number of fused-ring (bicyclic) bond motifs is 4. The third kappa shape index (κ3) is 8.36. The van der Waals surface area contributed by atoms with Crippen molar-refractivity contribution in [3.8, 4) is 18.1 Å². The van der Waals surface area contributed by atoms with Crippen molar-refractivity contribution in [2.24, 2.45) is 0 Å². The molecule has 0 bridgehead atoms. The van der Waals surface area contributed by atoms with E-state index in [0.717, 1.165) is 22.1 Å². The average Bonchev–Trinajstić information content (AvgIpc) is 3.70. The number of terminal acetylenes is 1. The summed E-state index contributed by atoms with van der Waals surface area (Å²) in [4.78, 5) is 64.2. The van der Waals surface area contributed by atoms with Gasteiger partial charge in [-0.2, -0.15) is 0 Å². The SMILES string of the molecule is C#CCC[C@H](NC(=O)[C@H](O)[C@@H](O)C(=O)NCCCCNC(=O)c1oc2c(C)c3c(cc2c1C)C(C)=CC(=C)O3)C(=O)Nc1oc2c(C)c3oc(=O)cc(C)c3cc2c1C. The first kappa shape index (κ1) is 42.0. The van der Waals surface area contributed by atoms with Crippen molar-refractivity contribution < 1.29 is 47.4 Å². The molecule has 1 aliphatic rings. The zero-order valence-electron chi connectivity index (χ0n) is 33.6. The van der Waals surface area contributed by atoms with Gasteiger partial charge in [0.2, 0.25) is 11.8 Å². The van der Waals surface area contributed by atoms with Crippen molar-refractivity contribution in [3.63, 3.8) is 0 Å². The first-order valence-corrected chi connectivity index (χ1v) is 19.1. The quantitative estimate of drug-likeness (QED) is 0.0497. The number of carbonyl (C=O) groups excluding carboxylic acids is 4. The number of anilines is 1. The summed E-state index contributed by atoms with van der Waals surface area (Å²) in [6.45, 7) is 15.1. The maximum atomic E-state index is 13.4. The summed E-state index contributed by atoms with van der Waals surface area (Å²) >= 11 is 0. The lowest BCUT2D eigenvalue weighted by Crippen LogP contribution is -2.53. The predicted molar refractivity (Wildman–Crippen MR) is 221 cm³/mol. The Hall–Kier alpha value is -6.63. The molecule has 4 amide bonds. The number of allylic oxidation sites excluding steroid dienone is 2. The molecule has 5 aromatic rings. The van der Waals surface area contributed by atoms with Gasteiger partial charge in [0.25, 0.3) is 17.7 Å². The van der Waals surface area contributed by atoms with Crippen LogP contribution < -0.4 is 31.6 Å². The Morgan fingerprint density at radius 1 is 0.780 bits per heavy atom. The van der Waals surface area contributed by atoms with Gasteiger partial charge in [-0.15, -0.1) is 12.3 Å². The molecule has 6 rings (SSSR count). The van der Waals surface area contributed by atoms with Crippen LogP contribution >= 0.6 is 0 Å². The van der Waals surface area contributed by atoms with Crippen LogP contribution in [0.4, 0.5) is 5.88 Å². The highest BCUT2D eigenvalue weighted by Gasteiger charge is 2.33. The minimum absolute atomic E-state index is 0.0354. The maximum Gasteiger partial charge on any atom is 0.336 e. The van der Waals surface area contributed by atoms with E-state index in [1.54, 1.807) is 26.8 Å². The number of ether oxygens (including phenoxy) is 1. The number of hydrogen-bond donors (Lipinski definition) is 6. The third-order valence-electron chi connectivity index (χ3n) is 10.5. The minimum atomic E-state index is -2.22. The summed E-state index contributed by atoms with van der Waals surface area (Å²) in [5.41, 5.74) is 5.97. The molecule has 2 aromatic carbocycles. The zero-order chi connectivity index (χ0) is 42.9. The van der Waals surface area contributed by atoms with Crippen molar-refractivity contribution in [2.75, 3.05) is 18.4 Å². The van der Waals surface area contributed by atoms with Gasteiger partial charge < -0.3 is 44.2 Å². The Bertz CT molecular complexity index is 2690. The van der Waals surface area contributed by atoms with E-state index in [1.165, 1.54) is 6.07 Å². The normalized spacial score (nSPS) is 13.9. The number of carbonyl (C=O) groups is 4. The van der Waals surface area contributed by atoms with Crippen LogP contribution in [0.25, 0.3) is 38.5 Å². The first-order chi connectivity index (χ1) is 28.0. The number of aryl methyl sites for hydroxylation is 5. The maximum absolute atomic E-state index is 13.4. The highest BCUT2D eigenvalue weighted by Crippen LogP contribution is 2.42. The number of hydrogen-bond acceptors (Lipinski definition) is 11. The van der Waals surface area contributed by atoms with Gasteiger partial charge in [0.1, 0.15) is 34.3 Å². The summed E-state index contributed by atoms with van der Waals surface area (Å²) in [5, 5.41) is 33.6. The van der Waals surface area contributed by atoms with E-state index in [-0.39, 0.29) is 37.6 Å². The van der Waals surface area contributed by atoms with Gasteiger partial charge in [0, 0.05) is 69.6 Å². The van der Waals surface area contributed by atoms with Gasteiger partial charge in [0.05, 0.1) is 0 Å². The molecule has 4 heterocycles. The number of unbranched alkanes of at least 4 members (excludes halogenated alkanes) is 1. The second-order valence-corrected chi connectivity index (χ2v) is 14.7. The van der Waals surface area contributed by atoms with Crippen molar-refractivity contribution in [1.82, 2.24) is 16.0 Å². The van der Waals surface area contributed by atoms with Gasteiger partial charge in [-0.05, 0) is 90.2 Å². The van der Waals surface area contributed by atoms with Crippen molar-refractivity contribution in [1.29, 1.82) is 0 Å². The van der Waals surface area contributed by atoms with Gasteiger partial charge in [-0.25, -0.2) is 4.79 Å². The molecule has 59 heavy (non-hydrogen) atoms. The molecule has 0 aliphatic carbocycles. The first-order valence-electron chi connectivity index (χ1n) is 19.1. The molecular weight excluding hydrogens is 761 g/mol. The monoisotopic (exact) mass is 806 g/mol. The highest BCUT2D eigenvalue weighted by atomic mass is 16.5. The number of aliphatic hydroxyl groups is 2. The molecule has 15 heteroatoms. The summed E-state index contributed by atoms with van der Waals surface area (Å²) in [6.07, 6.45) is 3.76. The predicted octanol–water partition coefficient (Wildman–Crippen LogP) is 5.02. The molecule has 308 valence electrons. The van der Waals surface area contributed by atoms with Gasteiger partial charge in [0.15, 0.2) is 18.0 Å². The lowest BCUT2D eigenvalue weighted by Gasteiger charge is -2.21. The molecule has 0 spiro atoms. The Balaban J connectivity index is 0.995. The van der Waals surface area contributed by atoms with E-state index in [1.807, 2.05) is 32.9 Å². The van der Waals surface area contributed by atoms with E-state index >= 15 is 0 Å². The van der Waals surface area contributed by atoms with Crippen molar-refractivity contribution in [2.45, 2.75) is 85.5 Å². The Labute approximate surface area is 338 Å². The van der Waals surface area contributed by atoms with Crippen LogP contribution in [0.5, 0.6) is 5.75 Å². The molecule has 0 unspecified atom stereocenters. The molecule has 6 N–H and O–H groups in total. The molecule has 0 saturated carbocycles. The number of furan rings is 2. The number of rotatable bonds is 14. The lowest BCUT2D eigenvalue weighted by molar-refractivity contribution is -0.147. The highest BCUT2D eigenvalue weighted by molar-refractivity contribution is 6.05. The molecule has 1 aliphatic heterocycles. The standard InChI is InChI=1S/C44H46N4O11/c1-9-10-13-31(40(52)48-44-24(6)30-19-28-21(3)17-32(49)57-36(28)26(8)38(30)59-44)47-42(54)34(51)33(50)41(53)45-14-11-12-15-46-43(55)39-23(5)29-18-27-20(2)16-22(4)56-35(27)25(7)37(29)58-39/h1,16-19,31,33-34,50-51H,4,10-15H2,2-3,5-8H3,(H,45,53)(H,46,55)(H,47,54)(H,48,52)/t31-,33+,34+/m0/s1. The molecular formula is C44H46N4O11. The summed E-state index contributed by atoms with van der Waals surface area (Å²) in [7, 11) is 0. The fourth-order valence-corrected chi connectivity index (χ4v) is 7.12. The Morgan fingerprint density at radius 3 is 2.14 bits per heavy atom. The van der Waals surface area contributed by atoms with Crippen molar-refractivity contribution in [3.05, 3.63) is 86.2 Å². The van der Waals surface area contributed by atoms with Gasteiger partial charge in [-0.3, -0.25) is 24.5 Å².